The van der Waals surface area contributed by atoms with Gasteiger partial charge in [0.2, 0.25) is 0 Å². The Hall–Kier alpha value is -3.87. The average Bonchev–Trinajstić information content (AvgIpc) is 2.86. The molecule has 1 saturated carbocycles. The minimum atomic E-state index is -0.734. The molecule has 35 heavy (non-hydrogen) atoms. The molecule has 4 rings (SSSR count). The van der Waals surface area contributed by atoms with Gasteiger partial charge in [0.25, 0.3) is 11.8 Å². The molecule has 0 unspecified atom stereocenters. The van der Waals surface area contributed by atoms with Gasteiger partial charge >= 0.3 is 5.97 Å². The molecular formula is C28H30N2O5. The highest BCUT2D eigenvalue weighted by atomic mass is 16.5. The van der Waals surface area contributed by atoms with Crippen molar-refractivity contribution in [2.75, 3.05) is 13.1 Å². The van der Waals surface area contributed by atoms with Crippen molar-refractivity contribution in [3.8, 4) is 5.75 Å². The van der Waals surface area contributed by atoms with Gasteiger partial charge in [-0.1, -0.05) is 29.8 Å². The second kappa shape index (κ2) is 11.0. The van der Waals surface area contributed by atoms with Crippen LogP contribution < -0.4 is 15.4 Å². The van der Waals surface area contributed by atoms with Crippen molar-refractivity contribution in [1.29, 1.82) is 0 Å². The zero-order chi connectivity index (χ0) is 24.8. The summed E-state index contributed by atoms with van der Waals surface area (Å²) < 4.78 is 5.95. The van der Waals surface area contributed by atoms with Crippen LogP contribution >= 0.6 is 0 Å². The van der Waals surface area contributed by atoms with Gasteiger partial charge in [-0.25, -0.2) is 0 Å². The van der Waals surface area contributed by atoms with E-state index in [4.69, 9.17) is 9.84 Å². The molecule has 0 spiro atoms. The van der Waals surface area contributed by atoms with Crippen molar-refractivity contribution in [2.24, 2.45) is 5.92 Å². The minimum absolute atomic E-state index is 0.000477. The van der Waals surface area contributed by atoms with Crippen LogP contribution in [0.25, 0.3) is 10.8 Å². The predicted molar refractivity (Wildman–Crippen MR) is 134 cm³/mol. The first-order valence-corrected chi connectivity index (χ1v) is 12.0. The number of aliphatic carboxylic acids is 1. The molecule has 0 atom stereocenters. The van der Waals surface area contributed by atoms with Crippen molar-refractivity contribution >= 4 is 28.6 Å². The highest BCUT2D eigenvalue weighted by Crippen LogP contribution is 2.28. The quantitative estimate of drug-likeness (QED) is 0.422. The fourth-order valence-corrected chi connectivity index (χ4v) is 4.37. The van der Waals surface area contributed by atoms with Crippen LogP contribution in [-0.2, 0) is 4.79 Å². The zero-order valence-electron chi connectivity index (χ0n) is 19.8. The highest BCUT2D eigenvalue weighted by Gasteiger charge is 2.26. The molecule has 7 nitrogen and oxygen atoms in total. The highest BCUT2D eigenvalue weighted by molar-refractivity contribution is 5.98. The molecule has 0 radical (unpaired) electrons. The SMILES string of the molecule is Cc1ccc2ccc(C(=O)NCCNC(=O)c3ccc(OC4CCC(C(=O)O)CC4)cc3)cc2c1. The summed E-state index contributed by atoms with van der Waals surface area (Å²) in [6.07, 6.45) is 2.67. The summed E-state index contributed by atoms with van der Waals surface area (Å²) in [4.78, 5) is 36.0. The van der Waals surface area contributed by atoms with Gasteiger partial charge in [0.15, 0.2) is 0 Å². The summed E-state index contributed by atoms with van der Waals surface area (Å²) >= 11 is 0. The van der Waals surface area contributed by atoms with Crippen molar-refractivity contribution in [1.82, 2.24) is 10.6 Å². The number of aryl methyl sites for hydroxylation is 1. The van der Waals surface area contributed by atoms with E-state index in [1.54, 1.807) is 30.3 Å². The van der Waals surface area contributed by atoms with E-state index >= 15 is 0 Å². The molecule has 182 valence electrons. The normalized spacial score (nSPS) is 17.5. The van der Waals surface area contributed by atoms with Crippen molar-refractivity contribution in [2.45, 2.75) is 38.7 Å². The standard InChI is InChI=1S/C28H30N2O5/c1-18-2-3-19-4-5-22(17-23(19)16-18)27(32)30-15-14-29-26(31)20-6-10-24(11-7-20)35-25-12-8-21(9-13-25)28(33)34/h2-7,10-11,16-17,21,25H,8-9,12-15H2,1H3,(H,29,31)(H,30,32)(H,33,34). The molecule has 3 aromatic carbocycles. The molecule has 1 aliphatic carbocycles. The number of rotatable bonds is 8. The van der Waals surface area contributed by atoms with Crippen LogP contribution in [0.2, 0.25) is 0 Å². The summed E-state index contributed by atoms with van der Waals surface area (Å²) in [5.74, 6) is -0.752. The second-order valence-electron chi connectivity index (χ2n) is 9.03. The Labute approximate surface area is 204 Å². The minimum Gasteiger partial charge on any atom is -0.490 e. The van der Waals surface area contributed by atoms with Crippen LogP contribution in [0, 0.1) is 12.8 Å². The Kier molecular flexibility index (Phi) is 7.65. The third kappa shape index (κ3) is 6.38. The molecule has 1 aliphatic rings. The lowest BCUT2D eigenvalue weighted by Gasteiger charge is -2.26. The maximum atomic E-state index is 12.5. The van der Waals surface area contributed by atoms with Crippen LogP contribution in [0.3, 0.4) is 0 Å². The predicted octanol–water partition coefficient (Wildman–Crippen LogP) is 4.33. The Morgan fingerprint density at radius 2 is 1.40 bits per heavy atom. The van der Waals surface area contributed by atoms with E-state index in [2.05, 4.69) is 10.6 Å². The molecule has 0 aliphatic heterocycles. The van der Waals surface area contributed by atoms with Crippen LogP contribution in [0.15, 0.2) is 60.7 Å². The van der Waals surface area contributed by atoms with Crippen LogP contribution in [0.4, 0.5) is 0 Å². The van der Waals surface area contributed by atoms with Gasteiger partial charge in [-0.15, -0.1) is 0 Å². The molecule has 3 N–H and O–H groups in total. The lowest BCUT2D eigenvalue weighted by atomic mass is 9.87. The van der Waals surface area contributed by atoms with E-state index in [0.717, 1.165) is 16.3 Å². The van der Waals surface area contributed by atoms with E-state index in [1.807, 2.05) is 37.3 Å². The number of hydrogen-bond donors (Lipinski definition) is 3. The van der Waals surface area contributed by atoms with E-state index in [-0.39, 0.29) is 23.8 Å². The van der Waals surface area contributed by atoms with Crippen molar-refractivity contribution in [3.05, 3.63) is 77.4 Å². The smallest absolute Gasteiger partial charge is 0.306 e. The molecule has 1 fully saturated rings. The number of amides is 2. The van der Waals surface area contributed by atoms with E-state index in [9.17, 15) is 14.4 Å². The van der Waals surface area contributed by atoms with E-state index in [1.165, 1.54) is 0 Å². The Bertz CT molecular complexity index is 1210. The Morgan fingerprint density at radius 1 is 0.800 bits per heavy atom. The summed E-state index contributed by atoms with van der Waals surface area (Å²) in [7, 11) is 0. The number of benzene rings is 3. The fourth-order valence-electron chi connectivity index (χ4n) is 4.37. The molecule has 7 heteroatoms. The molecule has 2 amide bonds. The number of hydrogen-bond acceptors (Lipinski definition) is 4. The Balaban J connectivity index is 1.20. The first kappa shape index (κ1) is 24.3. The first-order valence-electron chi connectivity index (χ1n) is 12.0. The number of carbonyl (C=O) groups excluding carboxylic acids is 2. The van der Waals surface area contributed by atoms with Gasteiger partial charge in [0.05, 0.1) is 12.0 Å². The molecule has 0 bridgehead atoms. The number of carboxylic acids is 1. The van der Waals surface area contributed by atoms with Crippen LogP contribution in [0.5, 0.6) is 5.75 Å². The monoisotopic (exact) mass is 474 g/mol. The number of carboxylic acid groups (broad SMARTS) is 1. The van der Waals surface area contributed by atoms with E-state index < -0.39 is 5.97 Å². The van der Waals surface area contributed by atoms with Gasteiger partial charge in [0.1, 0.15) is 5.75 Å². The largest absolute Gasteiger partial charge is 0.490 e. The number of ether oxygens (including phenoxy) is 1. The number of nitrogens with one attached hydrogen (secondary N) is 2. The fraction of sp³-hybridized carbons (Fsp3) is 0.321. The summed E-state index contributed by atoms with van der Waals surface area (Å²) in [5.41, 5.74) is 2.23. The lowest BCUT2D eigenvalue weighted by molar-refractivity contribution is -0.143. The number of carbonyl (C=O) groups is 3. The lowest BCUT2D eigenvalue weighted by Crippen LogP contribution is -2.34. The van der Waals surface area contributed by atoms with Gasteiger partial charge < -0.3 is 20.5 Å². The Morgan fingerprint density at radius 3 is 2.06 bits per heavy atom. The molecule has 0 aromatic heterocycles. The van der Waals surface area contributed by atoms with E-state index in [0.29, 0.717) is 55.6 Å². The number of fused-ring (bicyclic) bond motifs is 1. The van der Waals surface area contributed by atoms with Crippen LogP contribution in [-0.4, -0.2) is 42.1 Å². The van der Waals surface area contributed by atoms with Crippen LogP contribution in [0.1, 0.15) is 52.0 Å². The maximum Gasteiger partial charge on any atom is 0.306 e. The summed E-state index contributed by atoms with van der Waals surface area (Å²) in [5, 5.41) is 16.8. The third-order valence-electron chi connectivity index (χ3n) is 6.40. The van der Waals surface area contributed by atoms with Crippen molar-refractivity contribution in [3.63, 3.8) is 0 Å². The second-order valence-corrected chi connectivity index (χ2v) is 9.03. The van der Waals surface area contributed by atoms with Gasteiger partial charge in [0, 0.05) is 24.2 Å². The summed E-state index contributed by atoms with van der Waals surface area (Å²) in [6, 6.07) is 18.6. The topological polar surface area (TPSA) is 105 Å². The van der Waals surface area contributed by atoms with Crippen molar-refractivity contribution < 1.29 is 24.2 Å². The average molecular weight is 475 g/mol. The summed E-state index contributed by atoms with van der Waals surface area (Å²) in [6.45, 7) is 2.64. The van der Waals surface area contributed by atoms with Gasteiger partial charge in [-0.3, -0.25) is 14.4 Å². The molecular weight excluding hydrogens is 444 g/mol. The zero-order valence-corrected chi connectivity index (χ0v) is 19.8. The van der Waals surface area contributed by atoms with Gasteiger partial charge in [-0.2, -0.15) is 0 Å². The first-order chi connectivity index (χ1) is 16.9. The molecule has 0 saturated heterocycles. The van der Waals surface area contributed by atoms with Gasteiger partial charge in [-0.05, 0) is 79.8 Å². The molecule has 0 heterocycles. The molecule has 3 aromatic rings. The third-order valence-corrected chi connectivity index (χ3v) is 6.40. The maximum absolute atomic E-state index is 12.5.